The Labute approximate surface area is 199 Å². The van der Waals surface area contributed by atoms with Crippen molar-refractivity contribution in [2.24, 2.45) is 5.92 Å². The fraction of sp³-hybridized carbons (Fsp3) is 0.333. The molecule has 2 aromatic carbocycles. The predicted molar refractivity (Wildman–Crippen MR) is 127 cm³/mol. The minimum absolute atomic E-state index is 0.0182. The average Bonchev–Trinajstić information content (AvgIpc) is 2.86. The van der Waals surface area contributed by atoms with Crippen molar-refractivity contribution < 1.29 is 28.5 Å². The van der Waals surface area contributed by atoms with E-state index in [1.54, 1.807) is 33.5 Å². The number of methoxy groups -OCH3 is 4. The van der Waals surface area contributed by atoms with E-state index < -0.39 is 17.8 Å². The van der Waals surface area contributed by atoms with E-state index in [1.165, 1.54) is 7.11 Å². The van der Waals surface area contributed by atoms with Crippen LogP contribution in [0.15, 0.2) is 65.5 Å². The first-order valence-corrected chi connectivity index (χ1v) is 11.1. The van der Waals surface area contributed by atoms with E-state index in [1.807, 2.05) is 37.3 Å². The molecule has 0 spiro atoms. The SMILES string of the molecule is COC(=O)C1=C(C)NC2=CC(c3ccccc3OC)CC(=O)C2C1c1cc(OC)ccc1OC. The second kappa shape index (κ2) is 9.63. The number of benzene rings is 2. The van der Waals surface area contributed by atoms with Gasteiger partial charge in [0.2, 0.25) is 0 Å². The van der Waals surface area contributed by atoms with E-state index in [4.69, 9.17) is 18.9 Å². The molecule has 2 aliphatic rings. The monoisotopic (exact) mass is 463 g/mol. The first-order valence-electron chi connectivity index (χ1n) is 11.1. The smallest absolute Gasteiger partial charge is 0.336 e. The Hall–Kier alpha value is -3.74. The highest BCUT2D eigenvalue weighted by Gasteiger charge is 2.46. The van der Waals surface area contributed by atoms with Crippen LogP contribution in [0.1, 0.15) is 36.3 Å². The van der Waals surface area contributed by atoms with Gasteiger partial charge in [-0.05, 0) is 31.2 Å². The van der Waals surface area contributed by atoms with Gasteiger partial charge in [-0.3, -0.25) is 4.79 Å². The van der Waals surface area contributed by atoms with Gasteiger partial charge in [0.05, 0.1) is 39.9 Å². The Morgan fingerprint density at radius 1 is 0.912 bits per heavy atom. The van der Waals surface area contributed by atoms with Gasteiger partial charge in [0, 0.05) is 40.8 Å². The van der Waals surface area contributed by atoms with Gasteiger partial charge in [-0.1, -0.05) is 24.3 Å². The Bertz CT molecular complexity index is 1180. The van der Waals surface area contributed by atoms with E-state index in [-0.39, 0.29) is 18.1 Å². The maximum Gasteiger partial charge on any atom is 0.336 e. The van der Waals surface area contributed by atoms with Gasteiger partial charge in [0.25, 0.3) is 0 Å². The van der Waals surface area contributed by atoms with Crippen LogP contribution in [-0.2, 0) is 14.3 Å². The zero-order valence-corrected chi connectivity index (χ0v) is 20.0. The molecule has 1 heterocycles. The summed E-state index contributed by atoms with van der Waals surface area (Å²) in [5, 5.41) is 3.32. The number of Topliss-reactive ketones (excluding diaryl/α,β-unsaturated/α-hetero) is 1. The van der Waals surface area contributed by atoms with E-state index in [0.717, 1.165) is 17.0 Å². The van der Waals surface area contributed by atoms with Crippen LogP contribution in [0.25, 0.3) is 0 Å². The summed E-state index contributed by atoms with van der Waals surface area (Å²) in [6, 6.07) is 13.1. The van der Waals surface area contributed by atoms with E-state index in [0.29, 0.717) is 28.3 Å². The lowest BCUT2D eigenvalue weighted by Gasteiger charge is -2.40. The van der Waals surface area contributed by atoms with Crippen LogP contribution in [-0.4, -0.2) is 40.2 Å². The van der Waals surface area contributed by atoms with Crippen molar-refractivity contribution >= 4 is 11.8 Å². The Morgan fingerprint density at radius 3 is 2.29 bits per heavy atom. The van der Waals surface area contributed by atoms with Gasteiger partial charge in [-0.25, -0.2) is 4.79 Å². The van der Waals surface area contributed by atoms with Crippen LogP contribution >= 0.6 is 0 Å². The predicted octanol–water partition coefficient (Wildman–Crippen LogP) is 4.10. The molecule has 1 N–H and O–H groups in total. The zero-order valence-electron chi connectivity index (χ0n) is 20.0. The van der Waals surface area contributed by atoms with Crippen molar-refractivity contribution in [1.82, 2.24) is 5.32 Å². The number of hydrogen-bond donors (Lipinski definition) is 1. The molecular formula is C27H29NO6. The number of ketones is 1. The van der Waals surface area contributed by atoms with E-state index in [2.05, 4.69) is 11.4 Å². The van der Waals surface area contributed by atoms with Crippen molar-refractivity contribution in [2.75, 3.05) is 28.4 Å². The van der Waals surface area contributed by atoms with Crippen molar-refractivity contribution in [2.45, 2.75) is 25.2 Å². The van der Waals surface area contributed by atoms with Crippen LogP contribution in [0.4, 0.5) is 0 Å². The highest BCUT2D eigenvalue weighted by molar-refractivity contribution is 5.96. The quantitative estimate of drug-likeness (QED) is 0.646. The standard InChI is InChI=1S/C27H29NO6/c1-15-24(27(30)34-5)25(19-14-17(31-2)10-11-23(19)33-4)26-20(28-15)12-16(13-21(26)29)18-8-6-7-9-22(18)32-3/h6-12,14,16,25-26,28H,13H2,1-5H3. The topological polar surface area (TPSA) is 83.1 Å². The molecule has 0 fully saturated rings. The van der Waals surface area contributed by atoms with Crippen LogP contribution in [0.2, 0.25) is 0 Å². The minimum atomic E-state index is -0.593. The van der Waals surface area contributed by atoms with Gasteiger partial charge in [0.1, 0.15) is 23.0 Å². The lowest BCUT2D eigenvalue weighted by molar-refractivity contribution is -0.136. The van der Waals surface area contributed by atoms with Crippen LogP contribution in [0, 0.1) is 5.92 Å². The molecule has 0 saturated carbocycles. The van der Waals surface area contributed by atoms with Gasteiger partial charge in [-0.2, -0.15) is 0 Å². The second-order valence-electron chi connectivity index (χ2n) is 8.36. The molecule has 0 amide bonds. The summed E-state index contributed by atoms with van der Waals surface area (Å²) in [7, 11) is 6.11. The molecule has 1 aliphatic heterocycles. The van der Waals surface area contributed by atoms with Gasteiger partial charge in [-0.15, -0.1) is 0 Å². The molecule has 7 heteroatoms. The third-order valence-electron chi connectivity index (χ3n) is 6.58. The lowest BCUT2D eigenvalue weighted by atomic mass is 9.68. The normalized spacial score (nSPS) is 21.7. The molecule has 4 rings (SSSR count). The number of hydrogen-bond acceptors (Lipinski definition) is 7. The third kappa shape index (κ3) is 4.02. The van der Waals surface area contributed by atoms with Crippen LogP contribution in [0.5, 0.6) is 17.2 Å². The van der Waals surface area contributed by atoms with Gasteiger partial charge >= 0.3 is 5.97 Å². The highest BCUT2D eigenvalue weighted by atomic mass is 16.5. The van der Waals surface area contributed by atoms with Crippen molar-refractivity contribution in [3.63, 3.8) is 0 Å². The molecule has 3 atom stereocenters. The lowest BCUT2D eigenvalue weighted by Crippen LogP contribution is -2.42. The molecule has 1 aliphatic carbocycles. The minimum Gasteiger partial charge on any atom is -0.497 e. The van der Waals surface area contributed by atoms with Crippen molar-refractivity contribution in [3.8, 4) is 17.2 Å². The second-order valence-corrected chi connectivity index (χ2v) is 8.36. The fourth-order valence-corrected chi connectivity index (χ4v) is 5.05. The molecule has 0 radical (unpaired) electrons. The van der Waals surface area contributed by atoms with Crippen LogP contribution in [0.3, 0.4) is 0 Å². The number of allylic oxidation sites excluding steroid dienone is 3. The maximum absolute atomic E-state index is 13.7. The summed E-state index contributed by atoms with van der Waals surface area (Å²) >= 11 is 0. The number of rotatable bonds is 6. The summed E-state index contributed by atoms with van der Waals surface area (Å²) in [5.74, 6) is 0.115. The Kier molecular flexibility index (Phi) is 6.63. The highest BCUT2D eigenvalue weighted by Crippen LogP contribution is 2.49. The number of carbonyl (C=O) groups is 2. The summed E-state index contributed by atoms with van der Waals surface area (Å²) < 4.78 is 21.7. The third-order valence-corrected chi connectivity index (χ3v) is 6.58. The van der Waals surface area contributed by atoms with Gasteiger partial charge in [0.15, 0.2) is 0 Å². The summed E-state index contributed by atoms with van der Waals surface area (Å²) in [5.41, 5.74) is 3.44. The molecule has 0 saturated heterocycles. The van der Waals surface area contributed by atoms with Crippen LogP contribution < -0.4 is 19.5 Å². The number of carbonyl (C=O) groups excluding carboxylic acids is 2. The maximum atomic E-state index is 13.7. The Balaban J connectivity index is 1.90. The molecule has 2 aromatic rings. The fourth-order valence-electron chi connectivity index (χ4n) is 5.05. The number of esters is 1. The molecule has 34 heavy (non-hydrogen) atoms. The first-order chi connectivity index (χ1) is 16.4. The summed E-state index contributed by atoms with van der Waals surface area (Å²) in [6.45, 7) is 1.82. The molecule has 0 aromatic heterocycles. The number of nitrogens with one attached hydrogen (secondary N) is 1. The largest absolute Gasteiger partial charge is 0.497 e. The molecule has 178 valence electrons. The number of para-hydroxylation sites is 1. The van der Waals surface area contributed by atoms with E-state index in [9.17, 15) is 9.59 Å². The first kappa shape index (κ1) is 23.4. The van der Waals surface area contributed by atoms with E-state index >= 15 is 0 Å². The van der Waals surface area contributed by atoms with Crippen molar-refractivity contribution in [3.05, 3.63) is 76.6 Å². The molecular weight excluding hydrogens is 434 g/mol. The van der Waals surface area contributed by atoms with Gasteiger partial charge < -0.3 is 24.3 Å². The van der Waals surface area contributed by atoms with Crippen molar-refractivity contribution in [1.29, 1.82) is 0 Å². The zero-order chi connectivity index (χ0) is 24.4. The molecule has 7 nitrogen and oxygen atoms in total. The summed E-state index contributed by atoms with van der Waals surface area (Å²) in [4.78, 5) is 26.7. The summed E-state index contributed by atoms with van der Waals surface area (Å²) in [6.07, 6.45) is 2.35. The Morgan fingerprint density at radius 2 is 1.62 bits per heavy atom. The number of fused-ring (bicyclic) bond motifs is 1. The number of ether oxygens (including phenoxy) is 4. The molecule has 3 unspecified atom stereocenters. The average molecular weight is 464 g/mol. The molecule has 0 bridgehead atoms.